The highest BCUT2D eigenvalue weighted by Crippen LogP contribution is 2.25. The summed E-state index contributed by atoms with van der Waals surface area (Å²) < 4.78 is 0. The van der Waals surface area contributed by atoms with Gasteiger partial charge in [0.1, 0.15) is 5.82 Å². The second kappa shape index (κ2) is 11.6. The van der Waals surface area contributed by atoms with Crippen molar-refractivity contribution in [1.29, 1.82) is 0 Å². The van der Waals surface area contributed by atoms with Gasteiger partial charge in [0.15, 0.2) is 5.96 Å². The summed E-state index contributed by atoms with van der Waals surface area (Å²) >= 11 is 1.77. The number of pyridine rings is 1. The number of nitrogens with zero attached hydrogens (tertiary/aromatic N) is 4. The Bertz CT molecular complexity index is 874. The van der Waals surface area contributed by atoms with Crippen molar-refractivity contribution in [2.24, 2.45) is 16.6 Å². The van der Waals surface area contributed by atoms with Crippen LogP contribution in [0.25, 0.3) is 0 Å². The molecule has 3 heterocycles. The summed E-state index contributed by atoms with van der Waals surface area (Å²) in [6, 6.07) is 4.01. The van der Waals surface area contributed by atoms with Crippen molar-refractivity contribution < 1.29 is 4.79 Å². The number of carbonyl (C=O) groups is 1. The van der Waals surface area contributed by atoms with Crippen LogP contribution in [0.1, 0.15) is 42.1 Å². The number of hydrogen-bond acceptors (Lipinski definition) is 6. The van der Waals surface area contributed by atoms with Crippen molar-refractivity contribution in [1.82, 2.24) is 20.6 Å². The van der Waals surface area contributed by atoms with Gasteiger partial charge in [-0.3, -0.25) is 4.79 Å². The van der Waals surface area contributed by atoms with E-state index in [2.05, 4.69) is 45.4 Å². The zero-order chi connectivity index (χ0) is 22.1. The van der Waals surface area contributed by atoms with Gasteiger partial charge in [-0.15, -0.1) is 11.3 Å². The smallest absolute Gasteiger partial charge is 0.220 e. The van der Waals surface area contributed by atoms with Gasteiger partial charge in [-0.1, -0.05) is 13.0 Å². The third-order valence-electron chi connectivity index (χ3n) is 5.40. The van der Waals surface area contributed by atoms with E-state index in [1.807, 2.05) is 18.5 Å². The SMILES string of the molecule is CCNC(=NCc1cccnc1N1CCC(C(N)=O)CC1)NCCc1ncc(CC)s1. The Morgan fingerprint density at radius 1 is 1.29 bits per heavy atom. The number of piperidine rings is 1. The van der Waals surface area contributed by atoms with E-state index in [0.717, 1.165) is 74.2 Å². The molecule has 0 saturated carbocycles. The predicted octanol–water partition coefficient (Wildman–Crippen LogP) is 2.10. The number of nitrogens with two attached hydrogens (primary N) is 1. The Labute approximate surface area is 188 Å². The number of carbonyl (C=O) groups excluding carboxylic acids is 1. The van der Waals surface area contributed by atoms with Gasteiger partial charge in [-0.25, -0.2) is 15.0 Å². The fraction of sp³-hybridized carbons (Fsp3) is 0.545. The van der Waals surface area contributed by atoms with E-state index in [4.69, 9.17) is 10.7 Å². The molecule has 0 bridgehead atoms. The van der Waals surface area contributed by atoms with Gasteiger partial charge < -0.3 is 21.3 Å². The third-order valence-corrected chi connectivity index (χ3v) is 6.60. The summed E-state index contributed by atoms with van der Waals surface area (Å²) in [4.78, 5) is 28.9. The predicted molar refractivity (Wildman–Crippen MR) is 126 cm³/mol. The molecule has 1 aliphatic rings. The number of thiazole rings is 1. The molecule has 0 unspecified atom stereocenters. The number of nitrogens with one attached hydrogen (secondary N) is 2. The van der Waals surface area contributed by atoms with Gasteiger partial charge >= 0.3 is 0 Å². The van der Waals surface area contributed by atoms with E-state index in [0.29, 0.717) is 6.54 Å². The van der Waals surface area contributed by atoms with Crippen LogP contribution in [0, 0.1) is 5.92 Å². The topological polar surface area (TPSA) is 109 Å². The molecule has 3 rings (SSSR count). The summed E-state index contributed by atoms with van der Waals surface area (Å²) in [5.74, 6) is 1.50. The first-order valence-corrected chi connectivity index (χ1v) is 11.9. The van der Waals surface area contributed by atoms with Crippen LogP contribution in [0.15, 0.2) is 29.5 Å². The third kappa shape index (κ3) is 6.65. The molecule has 9 heteroatoms. The van der Waals surface area contributed by atoms with E-state index in [1.165, 1.54) is 4.88 Å². The average molecular weight is 444 g/mol. The number of aryl methyl sites for hydroxylation is 1. The zero-order valence-electron chi connectivity index (χ0n) is 18.4. The van der Waals surface area contributed by atoms with Gasteiger partial charge in [-0.2, -0.15) is 0 Å². The standard InChI is InChI=1S/C22H33N7OS/c1-3-18-15-27-19(31-18)7-11-26-22(24-4-2)28-14-17-6-5-10-25-21(17)29-12-8-16(9-13-29)20(23)30/h5-6,10,15-16H,3-4,7-9,11-14H2,1-2H3,(H2,23,30)(H2,24,26,28). The molecule has 1 aliphatic heterocycles. The highest BCUT2D eigenvalue weighted by Gasteiger charge is 2.24. The van der Waals surface area contributed by atoms with Gasteiger partial charge in [0.25, 0.3) is 0 Å². The Balaban J connectivity index is 1.59. The van der Waals surface area contributed by atoms with E-state index >= 15 is 0 Å². The Kier molecular flexibility index (Phi) is 8.63. The molecule has 8 nitrogen and oxygen atoms in total. The number of amides is 1. The lowest BCUT2D eigenvalue weighted by atomic mass is 9.96. The van der Waals surface area contributed by atoms with Gasteiger partial charge in [0.05, 0.1) is 11.6 Å². The molecule has 31 heavy (non-hydrogen) atoms. The molecule has 1 saturated heterocycles. The van der Waals surface area contributed by atoms with Gasteiger partial charge in [-0.05, 0) is 32.3 Å². The summed E-state index contributed by atoms with van der Waals surface area (Å²) in [5, 5.41) is 7.86. The molecule has 0 spiro atoms. The van der Waals surface area contributed by atoms with Crippen molar-refractivity contribution in [2.45, 2.75) is 46.1 Å². The number of aliphatic imine (C=N–C) groups is 1. The maximum Gasteiger partial charge on any atom is 0.220 e. The lowest BCUT2D eigenvalue weighted by Gasteiger charge is -2.32. The first kappa shape index (κ1) is 23.0. The number of rotatable bonds is 9. The lowest BCUT2D eigenvalue weighted by molar-refractivity contribution is -0.122. The quantitative estimate of drug-likeness (QED) is 0.405. The van der Waals surface area contributed by atoms with Crippen LogP contribution >= 0.6 is 11.3 Å². The molecule has 0 aromatic carbocycles. The highest BCUT2D eigenvalue weighted by molar-refractivity contribution is 7.11. The maximum atomic E-state index is 11.5. The number of aromatic nitrogens is 2. The molecular formula is C22H33N7OS. The fourth-order valence-electron chi connectivity index (χ4n) is 3.64. The molecule has 1 fully saturated rings. The average Bonchev–Trinajstić information content (AvgIpc) is 3.26. The number of primary amides is 1. The molecule has 1 amide bonds. The van der Waals surface area contributed by atoms with Crippen LogP contribution in [-0.4, -0.2) is 48.0 Å². The molecule has 0 aliphatic carbocycles. The molecule has 0 atom stereocenters. The monoisotopic (exact) mass is 443 g/mol. The minimum absolute atomic E-state index is 0.0303. The van der Waals surface area contributed by atoms with Crippen molar-refractivity contribution in [3.05, 3.63) is 40.0 Å². The fourth-order valence-corrected chi connectivity index (χ4v) is 4.50. The molecule has 168 valence electrons. The first-order valence-electron chi connectivity index (χ1n) is 11.0. The summed E-state index contributed by atoms with van der Waals surface area (Å²) in [5.41, 5.74) is 6.54. The first-order chi connectivity index (χ1) is 15.1. The van der Waals surface area contributed by atoms with E-state index in [1.54, 1.807) is 11.3 Å². The van der Waals surface area contributed by atoms with Crippen LogP contribution < -0.4 is 21.3 Å². The normalized spacial score (nSPS) is 15.2. The van der Waals surface area contributed by atoms with Gasteiger partial charge in [0, 0.05) is 61.4 Å². The molecule has 0 radical (unpaired) electrons. The van der Waals surface area contributed by atoms with Gasteiger partial charge in [0.2, 0.25) is 5.91 Å². The van der Waals surface area contributed by atoms with Crippen LogP contribution in [0.5, 0.6) is 0 Å². The second-order valence-electron chi connectivity index (χ2n) is 7.60. The Morgan fingerprint density at radius 3 is 2.77 bits per heavy atom. The van der Waals surface area contributed by atoms with Crippen LogP contribution in [0.4, 0.5) is 5.82 Å². The van der Waals surface area contributed by atoms with Crippen molar-refractivity contribution >= 4 is 29.0 Å². The van der Waals surface area contributed by atoms with Crippen molar-refractivity contribution in [3.8, 4) is 0 Å². The highest BCUT2D eigenvalue weighted by atomic mass is 32.1. The maximum absolute atomic E-state index is 11.5. The zero-order valence-corrected chi connectivity index (χ0v) is 19.2. The number of anilines is 1. The van der Waals surface area contributed by atoms with Crippen LogP contribution in [0.2, 0.25) is 0 Å². The van der Waals surface area contributed by atoms with E-state index in [9.17, 15) is 4.79 Å². The number of guanidine groups is 1. The summed E-state index contributed by atoms with van der Waals surface area (Å²) in [6.07, 6.45) is 7.23. The van der Waals surface area contributed by atoms with E-state index in [-0.39, 0.29) is 11.8 Å². The van der Waals surface area contributed by atoms with E-state index < -0.39 is 0 Å². The molecule has 2 aromatic rings. The Morgan fingerprint density at radius 2 is 2.10 bits per heavy atom. The minimum atomic E-state index is -0.199. The van der Waals surface area contributed by atoms with Crippen LogP contribution in [0.3, 0.4) is 0 Å². The van der Waals surface area contributed by atoms with Crippen molar-refractivity contribution in [2.75, 3.05) is 31.1 Å². The lowest BCUT2D eigenvalue weighted by Crippen LogP contribution is -2.39. The molecule has 2 aromatic heterocycles. The second-order valence-corrected chi connectivity index (χ2v) is 8.80. The molecule has 4 N–H and O–H groups in total. The Hall–Kier alpha value is -2.68. The molecular weight excluding hydrogens is 410 g/mol. The van der Waals surface area contributed by atoms with Crippen LogP contribution in [-0.2, 0) is 24.2 Å². The van der Waals surface area contributed by atoms with Crippen molar-refractivity contribution in [3.63, 3.8) is 0 Å². The summed E-state index contributed by atoms with van der Waals surface area (Å²) in [6.45, 7) is 7.89. The minimum Gasteiger partial charge on any atom is -0.369 e. The largest absolute Gasteiger partial charge is 0.369 e. The number of hydrogen-bond donors (Lipinski definition) is 3. The summed E-state index contributed by atoms with van der Waals surface area (Å²) in [7, 11) is 0.